The fraction of sp³-hybridized carbons (Fsp3) is 0.353. The van der Waals surface area contributed by atoms with Crippen molar-refractivity contribution in [1.82, 2.24) is 5.32 Å². The van der Waals surface area contributed by atoms with Crippen LogP contribution in [0.15, 0.2) is 18.2 Å². The maximum Gasteiger partial charge on any atom is 0.263 e. The first kappa shape index (κ1) is 16.8. The summed E-state index contributed by atoms with van der Waals surface area (Å²) >= 11 is 1.04. The second-order valence-electron chi connectivity index (χ2n) is 5.96. The van der Waals surface area contributed by atoms with Gasteiger partial charge in [-0.15, -0.1) is 11.3 Å². The first-order chi connectivity index (χ1) is 11.5. The van der Waals surface area contributed by atoms with Gasteiger partial charge in [0.15, 0.2) is 17.5 Å². The van der Waals surface area contributed by atoms with Crippen LogP contribution in [0, 0.1) is 17.5 Å². The summed E-state index contributed by atoms with van der Waals surface area (Å²) in [5.41, 5.74) is 6.28. The van der Waals surface area contributed by atoms with Gasteiger partial charge >= 0.3 is 0 Å². The predicted molar refractivity (Wildman–Crippen MR) is 88.4 cm³/mol. The Bertz CT molecular complexity index is 746. The molecule has 1 aromatic carbocycles. The Morgan fingerprint density at radius 1 is 1.08 bits per heavy atom. The summed E-state index contributed by atoms with van der Waals surface area (Å²) in [6, 6.07) is 3.41. The monoisotopic (exact) mass is 354 g/mol. The standard InChI is InChI=1S/C17H17F3N2OS/c18-11-6-9(7-12(19)15(11)20)14-8-13(21)16(24-14)17(23)22-10-4-2-1-3-5-10/h6-8,10H,1-5,21H2,(H,22,23). The summed E-state index contributed by atoms with van der Waals surface area (Å²) < 4.78 is 39.8. The molecule has 7 heteroatoms. The van der Waals surface area contributed by atoms with Crippen LogP contribution in [-0.2, 0) is 0 Å². The lowest BCUT2D eigenvalue weighted by Gasteiger charge is -2.22. The molecule has 24 heavy (non-hydrogen) atoms. The molecule has 128 valence electrons. The van der Waals surface area contributed by atoms with Crippen LogP contribution in [0.5, 0.6) is 0 Å². The number of halogens is 3. The number of amides is 1. The quantitative estimate of drug-likeness (QED) is 0.799. The molecule has 2 aromatic rings. The van der Waals surface area contributed by atoms with Crippen LogP contribution >= 0.6 is 11.3 Å². The fourth-order valence-corrected chi connectivity index (χ4v) is 3.89. The number of thiophene rings is 1. The van der Waals surface area contributed by atoms with E-state index in [0.29, 0.717) is 9.75 Å². The number of benzene rings is 1. The summed E-state index contributed by atoms with van der Waals surface area (Å²) in [7, 11) is 0. The molecular weight excluding hydrogens is 337 g/mol. The Morgan fingerprint density at radius 3 is 2.33 bits per heavy atom. The molecule has 0 aliphatic heterocycles. The largest absolute Gasteiger partial charge is 0.397 e. The highest BCUT2D eigenvalue weighted by Crippen LogP contribution is 2.34. The van der Waals surface area contributed by atoms with E-state index in [0.717, 1.165) is 49.2 Å². The molecule has 1 fully saturated rings. The van der Waals surface area contributed by atoms with Crippen molar-refractivity contribution in [2.45, 2.75) is 38.1 Å². The van der Waals surface area contributed by atoms with E-state index in [4.69, 9.17) is 5.73 Å². The Labute approximate surface area is 141 Å². The Hall–Kier alpha value is -2.02. The normalized spacial score (nSPS) is 15.5. The molecule has 1 aliphatic rings. The van der Waals surface area contributed by atoms with E-state index in [1.807, 2.05) is 0 Å². The minimum absolute atomic E-state index is 0.136. The summed E-state index contributed by atoms with van der Waals surface area (Å²) in [6.07, 6.45) is 5.24. The summed E-state index contributed by atoms with van der Waals surface area (Å²) in [5, 5.41) is 2.96. The number of nitrogens with one attached hydrogen (secondary N) is 1. The highest BCUT2D eigenvalue weighted by atomic mass is 32.1. The molecule has 0 bridgehead atoms. The van der Waals surface area contributed by atoms with Crippen molar-refractivity contribution in [3.05, 3.63) is 40.5 Å². The second-order valence-corrected chi connectivity index (χ2v) is 7.01. The van der Waals surface area contributed by atoms with Crippen molar-refractivity contribution >= 4 is 22.9 Å². The van der Waals surface area contributed by atoms with Gasteiger partial charge in [-0.1, -0.05) is 19.3 Å². The van der Waals surface area contributed by atoms with E-state index in [9.17, 15) is 18.0 Å². The smallest absolute Gasteiger partial charge is 0.263 e. The SMILES string of the molecule is Nc1cc(-c2cc(F)c(F)c(F)c2)sc1C(=O)NC1CCCCC1. The zero-order chi connectivity index (χ0) is 17.3. The molecule has 1 amide bonds. The molecule has 1 aromatic heterocycles. The van der Waals surface area contributed by atoms with Crippen LogP contribution in [0.2, 0.25) is 0 Å². The van der Waals surface area contributed by atoms with Gasteiger partial charge in [0.1, 0.15) is 4.88 Å². The fourth-order valence-electron chi connectivity index (χ4n) is 2.92. The maximum atomic E-state index is 13.4. The van der Waals surface area contributed by atoms with E-state index in [1.54, 1.807) is 0 Å². The Kier molecular flexibility index (Phi) is 4.80. The van der Waals surface area contributed by atoms with Gasteiger partial charge in [-0.3, -0.25) is 4.79 Å². The van der Waals surface area contributed by atoms with Gasteiger partial charge in [-0.05, 0) is 36.6 Å². The molecule has 3 N–H and O–H groups in total. The number of anilines is 1. The molecule has 0 saturated heterocycles. The van der Waals surface area contributed by atoms with E-state index < -0.39 is 17.5 Å². The van der Waals surface area contributed by atoms with Crippen LogP contribution in [0.4, 0.5) is 18.9 Å². The van der Waals surface area contributed by atoms with Crippen molar-refractivity contribution in [2.75, 3.05) is 5.73 Å². The first-order valence-electron chi connectivity index (χ1n) is 7.81. The molecule has 0 spiro atoms. The average Bonchev–Trinajstić information content (AvgIpc) is 2.95. The third-order valence-electron chi connectivity index (χ3n) is 4.18. The van der Waals surface area contributed by atoms with Gasteiger partial charge in [0.2, 0.25) is 0 Å². The van der Waals surface area contributed by atoms with Crippen molar-refractivity contribution in [1.29, 1.82) is 0 Å². The van der Waals surface area contributed by atoms with Crippen LogP contribution in [-0.4, -0.2) is 11.9 Å². The molecule has 1 heterocycles. The van der Waals surface area contributed by atoms with Crippen molar-refractivity contribution in [3.8, 4) is 10.4 Å². The number of hydrogen-bond donors (Lipinski definition) is 2. The molecule has 3 rings (SSSR count). The highest BCUT2D eigenvalue weighted by molar-refractivity contribution is 7.18. The number of hydrogen-bond acceptors (Lipinski definition) is 3. The van der Waals surface area contributed by atoms with Crippen molar-refractivity contribution in [3.63, 3.8) is 0 Å². The van der Waals surface area contributed by atoms with Gasteiger partial charge in [0, 0.05) is 10.9 Å². The average molecular weight is 354 g/mol. The third-order valence-corrected chi connectivity index (χ3v) is 5.37. The first-order valence-corrected chi connectivity index (χ1v) is 8.62. The van der Waals surface area contributed by atoms with E-state index in [1.165, 1.54) is 12.5 Å². The molecule has 1 aliphatic carbocycles. The number of carbonyl (C=O) groups excluding carboxylic acids is 1. The van der Waals surface area contributed by atoms with E-state index >= 15 is 0 Å². The lowest BCUT2D eigenvalue weighted by molar-refractivity contribution is 0.0932. The van der Waals surface area contributed by atoms with E-state index in [-0.39, 0.29) is 23.2 Å². The lowest BCUT2D eigenvalue weighted by Crippen LogP contribution is -2.36. The van der Waals surface area contributed by atoms with Gasteiger partial charge in [0.25, 0.3) is 5.91 Å². The lowest BCUT2D eigenvalue weighted by atomic mass is 9.95. The summed E-state index contributed by atoms with van der Waals surface area (Å²) in [5.74, 6) is -4.34. The minimum atomic E-state index is -1.52. The molecular formula is C17H17F3N2OS. The maximum absolute atomic E-state index is 13.4. The zero-order valence-electron chi connectivity index (χ0n) is 12.9. The number of nitrogens with two attached hydrogens (primary N) is 1. The Morgan fingerprint density at radius 2 is 1.71 bits per heavy atom. The second kappa shape index (κ2) is 6.84. The summed E-state index contributed by atoms with van der Waals surface area (Å²) in [6.45, 7) is 0. The van der Waals surface area contributed by atoms with Crippen LogP contribution in [0.25, 0.3) is 10.4 Å². The van der Waals surface area contributed by atoms with E-state index in [2.05, 4.69) is 5.32 Å². The van der Waals surface area contributed by atoms with Crippen LogP contribution < -0.4 is 11.1 Å². The van der Waals surface area contributed by atoms with Gasteiger partial charge in [0.05, 0.1) is 5.69 Å². The molecule has 1 saturated carbocycles. The van der Waals surface area contributed by atoms with Crippen LogP contribution in [0.1, 0.15) is 41.8 Å². The van der Waals surface area contributed by atoms with Gasteiger partial charge in [-0.25, -0.2) is 13.2 Å². The molecule has 0 unspecified atom stereocenters. The topological polar surface area (TPSA) is 55.1 Å². The van der Waals surface area contributed by atoms with Crippen molar-refractivity contribution in [2.24, 2.45) is 0 Å². The number of nitrogen functional groups attached to an aromatic ring is 1. The molecule has 0 radical (unpaired) electrons. The molecule has 3 nitrogen and oxygen atoms in total. The number of carbonyl (C=O) groups is 1. The van der Waals surface area contributed by atoms with Crippen LogP contribution in [0.3, 0.4) is 0 Å². The molecule has 0 atom stereocenters. The highest BCUT2D eigenvalue weighted by Gasteiger charge is 2.21. The van der Waals surface area contributed by atoms with Gasteiger partial charge < -0.3 is 11.1 Å². The zero-order valence-corrected chi connectivity index (χ0v) is 13.7. The van der Waals surface area contributed by atoms with Gasteiger partial charge in [-0.2, -0.15) is 0 Å². The predicted octanol–water partition coefficient (Wildman–Crippen LogP) is 4.48. The number of rotatable bonds is 3. The summed E-state index contributed by atoms with van der Waals surface area (Å²) in [4.78, 5) is 13.1. The third kappa shape index (κ3) is 3.40. The minimum Gasteiger partial charge on any atom is -0.397 e. The van der Waals surface area contributed by atoms with Crippen molar-refractivity contribution < 1.29 is 18.0 Å². The Balaban J connectivity index is 1.83.